The average Bonchev–Trinajstić information content (AvgIpc) is 3.47. The highest BCUT2D eigenvalue weighted by molar-refractivity contribution is 7.89. The molecule has 0 radical (unpaired) electrons. The van der Waals surface area contributed by atoms with Crippen molar-refractivity contribution in [3.63, 3.8) is 0 Å². The maximum Gasteiger partial charge on any atom is 0.245 e. The quantitative estimate of drug-likeness (QED) is 0.792. The molecule has 0 spiro atoms. The number of sulfonamides is 1. The summed E-state index contributed by atoms with van der Waals surface area (Å²) in [6.07, 6.45) is 4.40. The summed E-state index contributed by atoms with van der Waals surface area (Å²) >= 11 is 0. The first kappa shape index (κ1) is 19.5. The van der Waals surface area contributed by atoms with E-state index in [9.17, 15) is 13.2 Å². The van der Waals surface area contributed by atoms with E-state index in [0.29, 0.717) is 0 Å². The monoisotopic (exact) mass is 387 g/mol. The molecule has 7 heteroatoms. The van der Waals surface area contributed by atoms with Crippen LogP contribution in [0.4, 0.5) is 0 Å². The molecule has 2 aromatic rings. The molecular formula is C20H25N3O3S. The maximum absolute atomic E-state index is 12.9. The Morgan fingerprint density at radius 1 is 1.26 bits per heavy atom. The van der Waals surface area contributed by atoms with Gasteiger partial charge in [0.15, 0.2) is 0 Å². The zero-order valence-corrected chi connectivity index (χ0v) is 16.7. The van der Waals surface area contributed by atoms with Gasteiger partial charge in [0.25, 0.3) is 0 Å². The number of carbonyl (C=O) groups is 1. The minimum Gasteiger partial charge on any atom is -0.348 e. The lowest BCUT2D eigenvalue weighted by atomic mass is 10.0. The molecule has 1 amide bonds. The van der Waals surface area contributed by atoms with Crippen LogP contribution >= 0.6 is 0 Å². The van der Waals surface area contributed by atoms with E-state index in [-0.39, 0.29) is 29.4 Å². The lowest BCUT2D eigenvalue weighted by molar-refractivity contribution is -0.122. The second-order valence-electron chi connectivity index (χ2n) is 7.10. The molecule has 1 atom stereocenters. The highest BCUT2D eigenvalue weighted by atomic mass is 32.2. The molecule has 6 nitrogen and oxygen atoms in total. The highest BCUT2D eigenvalue weighted by Crippen LogP contribution is 2.31. The molecule has 1 aromatic heterocycles. The molecule has 1 N–H and O–H groups in total. The average molecular weight is 388 g/mol. The van der Waals surface area contributed by atoms with Gasteiger partial charge in [-0.05, 0) is 62.4 Å². The van der Waals surface area contributed by atoms with Gasteiger partial charge >= 0.3 is 0 Å². The van der Waals surface area contributed by atoms with Gasteiger partial charge in [0.05, 0.1) is 12.6 Å². The van der Waals surface area contributed by atoms with Crippen molar-refractivity contribution in [2.45, 2.75) is 50.6 Å². The van der Waals surface area contributed by atoms with Crippen molar-refractivity contribution >= 4 is 15.9 Å². The van der Waals surface area contributed by atoms with Crippen molar-refractivity contribution in [3.05, 3.63) is 59.4 Å². The Kier molecular flexibility index (Phi) is 5.62. The number of aromatic nitrogens is 1. The molecule has 1 unspecified atom stereocenters. The molecule has 1 aliphatic carbocycles. The lowest BCUT2D eigenvalue weighted by Gasteiger charge is -2.23. The molecule has 0 saturated heterocycles. The number of pyridine rings is 1. The van der Waals surface area contributed by atoms with E-state index >= 15 is 0 Å². The van der Waals surface area contributed by atoms with Gasteiger partial charge in [-0.3, -0.25) is 9.78 Å². The number of aryl methyl sites for hydroxylation is 2. The van der Waals surface area contributed by atoms with E-state index in [1.54, 1.807) is 6.07 Å². The first-order valence-electron chi connectivity index (χ1n) is 9.07. The molecule has 0 bridgehead atoms. The Labute approximate surface area is 160 Å². The number of hydrogen-bond donors (Lipinski definition) is 1. The van der Waals surface area contributed by atoms with E-state index in [0.717, 1.165) is 24.0 Å². The molecule has 1 saturated carbocycles. The highest BCUT2D eigenvalue weighted by Gasteiger charge is 2.39. The Hall–Kier alpha value is -2.25. The second-order valence-corrected chi connectivity index (χ2v) is 8.99. The van der Waals surface area contributed by atoms with Gasteiger partial charge in [0, 0.05) is 18.4 Å². The van der Waals surface area contributed by atoms with Crippen LogP contribution in [0.25, 0.3) is 0 Å². The Bertz CT molecular complexity index is 925. The predicted molar refractivity (Wildman–Crippen MR) is 104 cm³/mol. The molecule has 1 aromatic carbocycles. The van der Waals surface area contributed by atoms with Crippen LogP contribution in [0.1, 0.15) is 42.5 Å². The molecule has 0 aliphatic heterocycles. The van der Waals surface area contributed by atoms with Crippen LogP contribution in [0.5, 0.6) is 0 Å². The van der Waals surface area contributed by atoms with Crippen LogP contribution in [0.3, 0.4) is 0 Å². The molecule has 1 heterocycles. The first-order valence-corrected chi connectivity index (χ1v) is 10.5. The fraction of sp³-hybridized carbons (Fsp3) is 0.400. The van der Waals surface area contributed by atoms with Crippen molar-refractivity contribution < 1.29 is 13.2 Å². The Balaban J connectivity index is 1.71. The number of rotatable bonds is 7. The number of amides is 1. The third kappa shape index (κ3) is 4.54. The Morgan fingerprint density at radius 2 is 2.00 bits per heavy atom. The van der Waals surface area contributed by atoms with Gasteiger partial charge in [-0.15, -0.1) is 0 Å². The van der Waals surface area contributed by atoms with Crippen LogP contribution in [0.2, 0.25) is 0 Å². The van der Waals surface area contributed by atoms with E-state index in [4.69, 9.17) is 0 Å². The van der Waals surface area contributed by atoms with Gasteiger partial charge in [-0.1, -0.05) is 18.2 Å². The molecule has 1 aliphatic rings. The molecule has 3 rings (SSSR count). The summed E-state index contributed by atoms with van der Waals surface area (Å²) in [6.45, 7) is 5.79. The number of nitrogens with one attached hydrogen (secondary N) is 1. The van der Waals surface area contributed by atoms with Gasteiger partial charge < -0.3 is 5.32 Å². The van der Waals surface area contributed by atoms with Crippen LogP contribution < -0.4 is 5.32 Å². The third-order valence-corrected chi connectivity index (χ3v) is 6.78. The van der Waals surface area contributed by atoms with E-state index < -0.39 is 10.0 Å². The topological polar surface area (TPSA) is 79.4 Å². The first-order chi connectivity index (χ1) is 12.8. The van der Waals surface area contributed by atoms with E-state index in [1.165, 1.54) is 28.3 Å². The normalized spacial score (nSPS) is 15.6. The van der Waals surface area contributed by atoms with E-state index in [1.807, 2.05) is 39.0 Å². The zero-order chi connectivity index (χ0) is 19.6. The van der Waals surface area contributed by atoms with Crippen molar-refractivity contribution in [2.75, 3.05) is 6.54 Å². The van der Waals surface area contributed by atoms with Crippen LogP contribution in [-0.4, -0.2) is 36.2 Å². The molecule has 144 valence electrons. The SMILES string of the molecule is Cc1ccc(C(C)NC(=O)CN(C2CC2)S(=O)(=O)c2cccnc2)cc1C. The van der Waals surface area contributed by atoms with Crippen molar-refractivity contribution in [3.8, 4) is 0 Å². The predicted octanol–water partition coefficient (Wildman–Crippen LogP) is 2.73. The number of benzene rings is 1. The number of nitrogens with zero attached hydrogens (tertiary/aromatic N) is 2. The third-order valence-electron chi connectivity index (χ3n) is 4.90. The number of hydrogen-bond acceptors (Lipinski definition) is 4. The lowest BCUT2D eigenvalue weighted by Crippen LogP contribution is -2.42. The number of carbonyl (C=O) groups excluding carboxylic acids is 1. The summed E-state index contributed by atoms with van der Waals surface area (Å²) in [5.74, 6) is -0.305. The molecule has 27 heavy (non-hydrogen) atoms. The summed E-state index contributed by atoms with van der Waals surface area (Å²) in [4.78, 5) is 16.6. The summed E-state index contributed by atoms with van der Waals surface area (Å²) in [7, 11) is -3.74. The van der Waals surface area contributed by atoms with Gasteiger partial charge in [0.2, 0.25) is 15.9 Å². The van der Waals surface area contributed by atoms with E-state index in [2.05, 4.69) is 10.3 Å². The van der Waals surface area contributed by atoms with Crippen LogP contribution in [0.15, 0.2) is 47.6 Å². The van der Waals surface area contributed by atoms with Gasteiger partial charge in [0.1, 0.15) is 4.90 Å². The van der Waals surface area contributed by atoms with Gasteiger partial charge in [-0.2, -0.15) is 4.31 Å². The summed E-state index contributed by atoms with van der Waals surface area (Å²) in [6, 6.07) is 8.84. The fourth-order valence-electron chi connectivity index (χ4n) is 2.95. The van der Waals surface area contributed by atoms with Crippen molar-refractivity contribution in [1.29, 1.82) is 0 Å². The fourth-order valence-corrected chi connectivity index (χ4v) is 4.56. The summed E-state index contributed by atoms with van der Waals surface area (Å²) < 4.78 is 27.1. The summed E-state index contributed by atoms with van der Waals surface area (Å²) in [5, 5.41) is 2.92. The summed E-state index contributed by atoms with van der Waals surface area (Å²) in [5.41, 5.74) is 3.35. The van der Waals surface area contributed by atoms with Crippen LogP contribution in [0, 0.1) is 13.8 Å². The maximum atomic E-state index is 12.9. The largest absolute Gasteiger partial charge is 0.348 e. The minimum atomic E-state index is -3.74. The smallest absolute Gasteiger partial charge is 0.245 e. The van der Waals surface area contributed by atoms with Gasteiger partial charge in [-0.25, -0.2) is 8.42 Å². The second kappa shape index (κ2) is 7.78. The standard InChI is InChI=1S/C20H25N3O3S/c1-14-6-7-17(11-15(14)2)16(3)22-20(24)13-23(18-8-9-18)27(25,26)19-5-4-10-21-12-19/h4-7,10-12,16,18H,8-9,13H2,1-3H3,(H,22,24). The zero-order valence-electron chi connectivity index (χ0n) is 15.8. The molecule has 1 fully saturated rings. The van der Waals surface area contributed by atoms with Crippen molar-refractivity contribution in [1.82, 2.24) is 14.6 Å². The molecular weight excluding hydrogens is 362 g/mol. The van der Waals surface area contributed by atoms with Crippen molar-refractivity contribution in [2.24, 2.45) is 0 Å². The minimum absolute atomic E-state index is 0.113. The van der Waals surface area contributed by atoms with Crippen LogP contribution in [-0.2, 0) is 14.8 Å². The Morgan fingerprint density at radius 3 is 2.59 bits per heavy atom.